The zero-order valence-electron chi connectivity index (χ0n) is 24.7. The summed E-state index contributed by atoms with van der Waals surface area (Å²) < 4.78 is 0. The summed E-state index contributed by atoms with van der Waals surface area (Å²) >= 11 is 0. The van der Waals surface area contributed by atoms with Gasteiger partial charge in [0.15, 0.2) is 0 Å². The topological polar surface area (TPSA) is 24.7 Å². The molecule has 0 saturated carbocycles. The van der Waals surface area contributed by atoms with Gasteiger partial charge in [0.2, 0.25) is 0 Å². The van der Waals surface area contributed by atoms with Gasteiger partial charge in [-0.05, 0) is 51.3 Å². The number of nitrogens with zero attached hydrogens (tertiary/aromatic N) is 2. The van der Waals surface area contributed by atoms with Gasteiger partial charge in [-0.25, -0.2) is 9.98 Å². The number of benzene rings is 4. The zero-order valence-corrected chi connectivity index (χ0v) is 27.1. The summed E-state index contributed by atoms with van der Waals surface area (Å²) in [6.45, 7) is 18.1. The van der Waals surface area contributed by atoms with Crippen LogP contribution in [0.25, 0.3) is 10.8 Å². The van der Waals surface area contributed by atoms with Crippen LogP contribution in [0.4, 0.5) is 11.4 Å². The summed E-state index contributed by atoms with van der Waals surface area (Å²) in [5.74, 6) is 1.51. The Bertz CT molecular complexity index is 1410. The molecule has 0 aromatic heterocycles. The smallest absolute Gasteiger partial charge is 0.0979 e. The second-order valence-corrected chi connectivity index (χ2v) is 11.8. The Labute approximate surface area is 249 Å². The van der Waals surface area contributed by atoms with Crippen molar-refractivity contribution in [1.82, 2.24) is 0 Å². The summed E-state index contributed by atoms with van der Waals surface area (Å²) in [6.07, 6.45) is 0. The molecule has 0 unspecified atom stereocenters. The average Bonchev–Trinajstić information content (AvgIpc) is 3.17. The van der Waals surface area contributed by atoms with Crippen LogP contribution in [-0.2, 0) is 0 Å². The molecule has 0 spiro atoms. The minimum atomic E-state index is 0. The third-order valence-corrected chi connectivity index (χ3v) is 7.77. The maximum absolute atomic E-state index is 5.55. The number of rotatable bonds is 6. The molecule has 0 fully saturated rings. The molecular formula is C36H42GaN2. The van der Waals surface area contributed by atoms with E-state index >= 15 is 0 Å². The summed E-state index contributed by atoms with van der Waals surface area (Å²) in [7, 11) is 0. The second-order valence-electron chi connectivity index (χ2n) is 11.8. The minimum Gasteiger partial charge on any atom is -0.245 e. The number of aliphatic imine (C=N–C) groups is 2. The Morgan fingerprint density at radius 2 is 0.769 bits per heavy atom. The molecule has 0 amide bonds. The minimum absolute atomic E-state index is 0. The van der Waals surface area contributed by atoms with Gasteiger partial charge < -0.3 is 0 Å². The fourth-order valence-electron chi connectivity index (χ4n) is 5.72. The maximum atomic E-state index is 5.55. The van der Waals surface area contributed by atoms with Gasteiger partial charge in [0.05, 0.1) is 22.8 Å². The quantitative estimate of drug-likeness (QED) is 0.205. The predicted molar refractivity (Wildman–Crippen MR) is 173 cm³/mol. The number of hydrogen-bond acceptors (Lipinski definition) is 2. The molecule has 39 heavy (non-hydrogen) atoms. The third kappa shape index (κ3) is 5.32. The van der Waals surface area contributed by atoms with Crippen LogP contribution < -0.4 is 0 Å². The van der Waals surface area contributed by atoms with Crippen molar-refractivity contribution < 1.29 is 1.43 Å². The van der Waals surface area contributed by atoms with Gasteiger partial charge >= 0.3 is 0 Å². The molecule has 0 bridgehead atoms. The van der Waals surface area contributed by atoms with Gasteiger partial charge in [0, 0.05) is 37.7 Å². The van der Waals surface area contributed by atoms with Crippen molar-refractivity contribution in [2.24, 2.45) is 9.98 Å². The van der Waals surface area contributed by atoms with Gasteiger partial charge in [-0.15, -0.1) is 0 Å². The van der Waals surface area contributed by atoms with Crippen molar-refractivity contribution in [3.8, 4) is 0 Å². The van der Waals surface area contributed by atoms with Crippen LogP contribution in [0.3, 0.4) is 0 Å². The van der Waals surface area contributed by atoms with Crippen LogP contribution in [0.2, 0.25) is 0 Å². The Morgan fingerprint density at radius 1 is 0.462 bits per heavy atom. The van der Waals surface area contributed by atoms with Gasteiger partial charge in [-0.1, -0.05) is 128 Å². The normalized spacial score (nSPS) is 15.0. The van der Waals surface area contributed by atoms with Crippen molar-refractivity contribution in [3.63, 3.8) is 0 Å². The van der Waals surface area contributed by atoms with E-state index in [2.05, 4.69) is 128 Å². The zero-order chi connectivity index (χ0) is 27.1. The molecule has 0 atom stereocenters. The molecule has 0 saturated heterocycles. The molecule has 0 aliphatic heterocycles. The van der Waals surface area contributed by atoms with Crippen molar-refractivity contribution in [2.45, 2.75) is 79.1 Å². The van der Waals surface area contributed by atoms with Crippen LogP contribution in [0.1, 0.15) is 114 Å². The molecule has 5 rings (SSSR count). The SMILES string of the molecule is CC(C)c1cccc(C(C)C)c1N=C1C(=Nc2c(C(C)C)cccc2C(C)C)c2cccc3cccc1c23.[Ga].[HH]. The van der Waals surface area contributed by atoms with E-state index in [4.69, 9.17) is 9.98 Å². The fraction of sp³-hybridized carbons (Fsp3) is 0.333. The average molecular weight is 572 g/mol. The molecule has 0 heterocycles. The molecule has 0 N–H and O–H groups in total. The summed E-state index contributed by atoms with van der Waals surface area (Å²) in [4.78, 5) is 11.1. The van der Waals surface area contributed by atoms with E-state index in [9.17, 15) is 0 Å². The molecule has 3 radical (unpaired) electrons. The first-order valence-electron chi connectivity index (χ1n) is 14.1. The fourth-order valence-corrected chi connectivity index (χ4v) is 5.72. The first-order chi connectivity index (χ1) is 18.2. The summed E-state index contributed by atoms with van der Waals surface area (Å²) in [6, 6.07) is 26.5. The van der Waals surface area contributed by atoms with Crippen molar-refractivity contribution >= 4 is 53.4 Å². The molecule has 1 aliphatic carbocycles. The van der Waals surface area contributed by atoms with Crippen LogP contribution in [-0.4, -0.2) is 31.2 Å². The number of hydrogen-bond donors (Lipinski definition) is 0. The third-order valence-electron chi connectivity index (χ3n) is 7.77. The predicted octanol–water partition coefficient (Wildman–Crippen LogP) is 10.5. The molecule has 3 heteroatoms. The first kappa shape index (κ1) is 29.1. The van der Waals surface area contributed by atoms with Crippen LogP contribution in [0, 0.1) is 0 Å². The second kappa shape index (κ2) is 11.7. The van der Waals surface area contributed by atoms with Gasteiger partial charge in [0.25, 0.3) is 0 Å². The molecule has 2 nitrogen and oxygen atoms in total. The van der Waals surface area contributed by atoms with E-state index in [1.165, 1.54) is 44.2 Å². The Hall–Kier alpha value is -2.88. The Balaban J connectivity index is 0.00000220. The van der Waals surface area contributed by atoms with Gasteiger partial charge in [0.1, 0.15) is 0 Å². The Kier molecular flexibility index (Phi) is 8.73. The maximum Gasteiger partial charge on any atom is 0.0979 e. The van der Waals surface area contributed by atoms with E-state index in [-0.39, 0.29) is 21.2 Å². The van der Waals surface area contributed by atoms with Crippen molar-refractivity contribution in [1.29, 1.82) is 0 Å². The largest absolute Gasteiger partial charge is 0.245 e. The van der Waals surface area contributed by atoms with E-state index in [0.717, 1.165) is 22.8 Å². The molecule has 1 aliphatic rings. The van der Waals surface area contributed by atoms with Crippen molar-refractivity contribution in [2.75, 3.05) is 0 Å². The van der Waals surface area contributed by atoms with E-state index in [0.29, 0.717) is 23.7 Å². The first-order valence-corrected chi connectivity index (χ1v) is 14.1. The van der Waals surface area contributed by atoms with Gasteiger partial charge in [-0.2, -0.15) is 0 Å². The standard InChI is InChI=1S/C36H40N2.Ga.H2/c1-21(2)26-15-11-16-27(22(3)4)33(26)37-35-30-19-9-13-25-14-10-20-31(32(25)30)36(35)38-34-28(23(5)6)17-12-18-29(34)24(7)8;;/h9-24H,1-8H3;;1H. The molecule has 4 aromatic rings. The van der Waals surface area contributed by atoms with E-state index in [1.54, 1.807) is 0 Å². The molecular weight excluding hydrogens is 530 g/mol. The molecule has 199 valence electrons. The van der Waals surface area contributed by atoms with E-state index in [1.807, 2.05) is 0 Å². The van der Waals surface area contributed by atoms with E-state index < -0.39 is 0 Å². The monoisotopic (exact) mass is 571 g/mol. The summed E-state index contributed by atoms with van der Waals surface area (Å²) in [5, 5.41) is 2.49. The van der Waals surface area contributed by atoms with Crippen LogP contribution >= 0.6 is 0 Å². The van der Waals surface area contributed by atoms with Crippen LogP contribution in [0.5, 0.6) is 0 Å². The van der Waals surface area contributed by atoms with Crippen LogP contribution in [0.15, 0.2) is 82.8 Å². The molecule has 4 aromatic carbocycles. The summed E-state index contributed by atoms with van der Waals surface area (Å²) in [5.41, 5.74) is 11.7. The number of para-hydroxylation sites is 2. The van der Waals surface area contributed by atoms with Gasteiger partial charge in [-0.3, -0.25) is 0 Å². The van der Waals surface area contributed by atoms with Crippen molar-refractivity contribution in [3.05, 3.63) is 106 Å². The Morgan fingerprint density at radius 3 is 1.08 bits per heavy atom.